The minimum atomic E-state index is -0.193. The first-order chi connectivity index (χ1) is 10.2. The minimum absolute atomic E-state index is 0.105. The summed E-state index contributed by atoms with van der Waals surface area (Å²) in [6, 6.07) is 6.88. The fourth-order valence-electron chi connectivity index (χ4n) is 2.42. The molecule has 1 atom stereocenters. The average molecular weight is 290 g/mol. The van der Waals surface area contributed by atoms with Crippen molar-refractivity contribution in [3.05, 3.63) is 47.5 Å². The molecule has 0 amide bonds. The molecule has 0 bridgehead atoms. The van der Waals surface area contributed by atoms with Crippen molar-refractivity contribution in [3.8, 4) is 0 Å². The molecule has 1 heterocycles. The Balaban J connectivity index is 2.19. The zero-order chi connectivity index (χ0) is 15.1. The number of nitrogens with zero attached hydrogens (tertiary/aromatic N) is 3. The second kappa shape index (κ2) is 7.88. The molecule has 4 nitrogen and oxygen atoms in total. The van der Waals surface area contributed by atoms with Crippen molar-refractivity contribution in [2.24, 2.45) is 0 Å². The van der Waals surface area contributed by atoms with E-state index in [1.165, 1.54) is 6.07 Å². The molecule has 2 rings (SSSR count). The molecule has 0 fully saturated rings. The first kappa shape index (κ1) is 15.6. The highest BCUT2D eigenvalue weighted by atomic mass is 19.1. The Bertz CT molecular complexity index is 553. The number of rotatable bonds is 8. The van der Waals surface area contributed by atoms with E-state index in [1.807, 2.05) is 16.9 Å². The van der Waals surface area contributed by atoms with Gasteiger partial charge in [-0.15, -0.1) is 5.10 Å². The highest BCUT2D eigenvalue weighted by Gasteiger charge is 2.17. The van der Waals surface area contributed by atoms with Crippen LogP contribution in [0.2, 0.25) is 0 Å². The van der Waals surface area contributed by atoms with Gasteiger partial charge in [-0.05, 0) is 43.5 Å². The minimum Gasteiger partial charge on any atom is -0.308 e. The Morgan fingerprint density at radius 1 is 1.29 bits per heavy atom. The van der Waals surface area contributed by atoms with E-state index in [4.69, 9.17) is 0 Å². The summed E-state index contributed by atoms with van der Waals surface area (Å²) < 4.78 is 15.3. The Morgan fingerprint density at radius 3 is 2.86 bits per heavy atom. The van der Waals surface area contributed by atoms with Crippen LogP contribution < -0.4 is 5.32 Å². The van der Waals surface area contributed by atoms with Gasteiger partial charge in [0.2, 0.25) is 0 Å². The van der Waals surface area contributed by atoms with Crippen LogP contribution in [-0.4, -0.2) is 21.5 Å². The number of halogens is 1. The molecule has 1 N–H and O–H groups in total. The van der Waals surface area contributed by atoms with E-state index >= 15 is 0 Å². The molecular weight excluding hydrogens is 267 g/mol. The third kappa shape index (κ3) is 4.36. The summed E-state index contributed by atoms with van der Waals surface area (Å²) in [5.41, 5.74) is 2.04. The first-order valence-electron chi connectivity index (χ1n) is 7.60. The van der Waals surface area contributed by atoms with Crippen LogP contribution in [-0.2, 0) is 13.0 Å². The van der Waals surface area contributed by atoms with Gasteiger partial charge in [0.1, 0.15) is 5.82 Å². The van der Waals surface area contributed by atoms with Crippen LogP contribution in [0.5, 0.6) is 0 Å². The van der Waals surface area contributed by atoms with E-state index in [0.717, 1.165) is 43.6 Å². The van der Waals surface area contributed by atoms with Crippen molar-refractivity contribution in [2.75, 3.05) is 6.54 Å². The maximum atomic E-state index is 13.4. The molecule has 1 aromatic heterocycles. The number of aryl methyl sites for hydroxylation is 1. The van der Waals surface area contributed by atoms with E-state index < -0.39 is 0 Å². The molecule has 0 aliphatic heterocycles. The first-order valence-corrected chi connectivity index (χ1v) is 7.60. The monoisotopic (exact) mass is 290 g/mol. The van der Waals surface area contributed by atoms with Gasteiger partial charge in [0.05, 0.1) is 17.9 Å². The fourth-order valence-corrected chi connectivity index (χ4v) is 2.42. The van der Waals surface area contributed by atoms with Gasteiger partial charge in [0, 0.05) is 6.54 Å². The molecule has 21 heavy (non-hydrogen) atoms. The summed E-state index contributed by atoms with van der Waals surface area (Å²) in [5.74, 6) is -0.193. The van der Waals surface area contributed by atoms with Gasteiger partial charge in [-0.25, -0.2) is 9.07 Å². The van der Waals surface area contributed by atoms with Crippen LogP contribution in [0.15, 0.2) is 30.5 Å². The molecule has 2 aromatic rings. The number of hydrogen-bond acceptors (Lipinski definition) is 3. The predicted molar refractivity (Wildman–Crippen MR) is 81.5 cm³/mol. The van der Waals surface area contributed by atoms with Crippen LogP contribution >= 0.6 is 0 Å². The standard InChI is InChI=1S/C16H23FN4/c1-3-8-18-15(11-13-6-5-7-14(17)10-13)16-12-19-20-21(16)9-4-2/h5-7,10,12,15,18H,3-4,8-9,11H2,1-2H3. The number of aromatic nitrogens is 3. The van der Waals surface area contributed by atoms with Crippen molar-refractivity contribution in [1.82, 2.24) is 20.3 Å². The van der Waals surface area contributed by atoms with Crippen molar-refractivity contribution in [2.45, 2.75) is 45.7 Å². The highest BCUT2D eigenvalue weighted by Crippen LogP contribution is 2.18. The number of nitrogens with one attached hydrogen (secondary N) is 1. The van der Waals surface area contributed by atoms with Crippen LogP contribution in [0.4, 0.5) is 4.39 Å². The second-order valence-corrected chi connectivity index (χ2v) is 5.22. The smallest absolute Gasteiger partial charge is 0.123 e. The molecule has 0 saturated carbocycles. The lowest BCUT2D eigenvalue weighted by atomic mass is 10.0. The van der Waals surface area contributed by atoms with Crippen molar-refractivity contribution in [1.29, 1.82) is 0 Å². The normalized spacial score (nSPS) is 12.5. The Labute approximate surface area is 125 Å². The molecule has 5 heteroatoms. The summed E-state index contributed by atoms with van der Waals surface area (Å²) in [6.07, 6.45) is 4.60. The molecule has 0 aliphatic carbocycles. The fraction of sp³-hybridized carbons (Fsp3) is 0.500. The van der Waals surface area contributed by atoms with Crippen molar-refractivity contribution < 1.29 is 4.39 Å². The maximum absolute atomic E-state index is 13.4. The van der Waals surface area contributed by atoms with Crippen LogP contribution in [0.25, 0.3) is 0 Å². The second-order valence-electron chi connectivity index (χ2n) is 5.22. The van der Waals surface area contributed by atoms with Crippen LogP contribution in [0.3, 0.4) is 0 Å². The van der Waals surface area contributed by atoms with Crippen LogP contribution in [0, 0.1) is 5.82 Å². The Morgan fingerprint density at radius 2 is 2.14 bits per heavy atom. The Kier molecular flexibility index (Phi) is 5.87. The van der Waals surface area contributed by atoms with E-state index in [2.05, 4.69) is 29.5 Å². The van der Waals surface area contributed by atoms with E-state index in [0.29, 0.717) is 0 Å². The summed E-state index contributed by atoms with van der Waals surface area (Å²) in [6.45, 7) is 6.01. The lowest BCUT2D eigenvalue weighted by molar-refractivity contribution is 0.464. The molecule has 114 valence electrons. The average Bonchev–Trinajstić information content (AvgIpc) is 2.92. The zero-order valence-corrected chi connectivity index (χ0v) is 12.7. The molecule has 0 radical (unpaired) electrons. The lowest BCUT2D eigenvalue weighted by Gasteiger charge is -2.19. The van der Waals surface area contributed by atoms with Gasteiger partial charge in [0.15, 0.2) is 0 Å². The van der Waals surface area contributed by atoms with Gasteiger partial charge < -0.3 is 5.32 Å². The van der Waals surface area contributed by atoms with Gasteiger partial charge in [-0.3, -0.25) is 0 Å². The summed E-state index contributed by atoms with van der Waals surface area (Å²) in [7, 11) is 0. The van der Waals surface area contributed by atoms with Gasteiger partial charge >= 0.3 is 0 Å². The maximum Gasteiger partial charge on any atom is 0.123 e. The molecular formula is C16H23FN4. The summed E-state index contributed by atoms with van der Waals surface area (Å²) >= 11 is 0. The molecule has 1 unspecified atom stereocenters. The zero-order valence-electron chi connectivity index (χ0n) is 12.7. The Hall–Kier alpha value is -1.75. The van der Waals surface area contributed by atoms with Gasteiger partial charge in [-0.2, -0.15) is 0 Å². The summed E-state index contributed by atoms with van der Waals surface area (Å²) in [5, 5.41) is 11.7. The predicted octanol–water partition coefficient (Wildman–Crippen LogP) is 3.11. The third-order valence-corrected chi connectivity index (χ3v) is 3.41. The van der Waals surface area contributed by atoms with E-state index in [1.54, 1.807) is 12.1 Å². The lowest BCUT2D eigenvalue weighted by Crippen LogP contribution is -2.26. The highest BCUT2D eigenvalue weighted by molar-refractivity contribution is 5.19. The largest absolute Gasteiger partial charge is 0.308 e. The molecule has 0 saturated heterocycles. The summed E-state index contributed by atoms with van der Waals surface area (Å²) in [4.78, 5) is 0. The van der Waals surface area contributed by atoms with Gasteiger partial charge in [-0.1, -0.05) is 31.2 Å². The van der Waals surface area contributed by atoms with E-state index in [-0.39, 0.29) is 11.9 Å². The number of benzene rings is 1. The third-order valence-electron chi connectivity index (χ3n) is 3.41. The van der Waals surface area contributed by atoms with E-state index in [9.17, 15) is 4.39 Å². The van der Waals surface area contributed by atoms with Crippen LogP contribution in [0.1, 0.15) is 44.0 Å². The molecule has 0 aliphatic rings. The van der Waals surface area contributed by atoms with Crippen molar-refractivity contribution in [3.63, 3.8) is 0 Å². The SMILES string of the molecule is CCCNC(Cc1cccc(F)c1)c1cnnn1CCC. The topological polar surface area (TPSA) is 42.7 Å². The van der Waals surface area contributed by atoms with Crippen molar-refractivity contribution >= 4 is 0 Å². The number of hydrogen-bond donors (Lipinski definition) is 1. The quantitative estimate of drug-likeness (QED) is 0.812. The van der Waals surface area contributed by atoms with Gasteiger partial charge in [0.25, 0.3) is 0 Å². The molecule has 1 aromatic carbocycles. The molecule has 0 spiro atoms.